The van der Waals surface area contributed by atoms with Gasteiger partial charge in [-0.25, -0.2) is 4.79 Å². The van der Waals surface area contributed by atoms with Crippen LogP contribution >= 0.6 is 23.2 Å². The fourth-order valence-corrected chi connectivity index (χ4v) is 5.71. The van der Waals surface area contributed by atoms with E-state index in [1.54, 1.807) is 0 Å². The molecule has 5 rings (SSSR count). The van der Waals surface area contributed by atoms with E-state index < -0.39 is 0 Å². The molecule has 2 aliphatic carbocycles. The lowest BCUT2D eigenvalue weighted by molar-refractivity contribution is -0.0649. The van der Waals surface area contributed by atoms with Crippen LogP contribution in [0.15, 0.2) is 48.5 Å². The quantitative estimate of drug-likeness (QED) is 0.643. The molecule has 1 heterocycles. The molecule has 0 unspecified atom stereocenters. The van der Waals surface area contributed by atoms with Crippen LogP contribution < -0.4 is 5.32 Å². The second kappa shape index (κ2) is 8.41. The van der Waals surface area contributed by atoms with E-state index in [1.807, 2.05) is 53.4 Å². The van der Waals surface area contributed by atoms with Crippen molar-refractivity contribution in [3.8, 4) is 0 Å². The van der Waals surface area contributed by atoms with Crippen LogP contribution in [-0.2, 0) is 4.74 Å². The van der Waals surface area contributed by atoms with Crippen molar-refractivity contribution in [2.24, 2.45) is 11.8 Å². The number of ether oxygens (including phenoxy) is 1. The Kier molecular flexibility index (Phi) is 5.65. The molecule has 3 fully saturated rings. The third-order valence-electron chi connectivity index (χ3n) is 6.89. The molecule has 2 aromatic carbocycles. The zero-order valence-electron chi connectivity index (χ0n) is 16.8. The molecule has 0 spiro atoms. The number of nitrogens with one attached hydrogen (secondary N) is 1. The van der Waals surface area contributed by atoms with E-state index in [-0.39, 0.29) is 18.2 Å². The average molecular weight is 445 g/mol. The molecule has 2 saturated carbocycles. The largest absolute Gasteiger partial charge is 0.362 e. The third-order valence-corrected chi connectivity index (χ3v) is 7.57. The van der Waals surface area contributed by atoms with E-state index in [0.717, 1.165) is 23.5 Å². The highest BCUT2D eigenvalue weighted by Gasteiger charge is 2.42. The molecule has 1 N–H and O–H groups in total. The fraction of sp³-hybridized carbons (Fsp3) is 0.458. The van der Waals surface area contributed by atoms with Crippen LogP contribution in [0.3, 0.4) is 0 Å². The Morgan fingerprint density at radius 1 is 0.967 bits per heavy atom. The molecule has 3 aliphatic rings. The van der Waals surface area contributed by atoms with Gasteiger partial charge in [0.25, 0.3) is 0 Å². The summed E-state index contributed by atoms with van der Waals surface area (Å²) in [6.45, 7) is 1.16. The van der Waals surface area contributed by atoms with Gasteiger partial charge >= 0.3 is 6.03 Å². The van der Waals surface area contributed by atoms with E-state index in [1.165, 1.54) is 19.3 Å². The Bertz CT molecular complexity index is 885. The summed E-state index contributed by atoms with van der Waals surface area (Å²) in [6, 6.07) is 15.8. The van der Waals surface area contributed by atoms with Crippen molar-refractivity contribution >= 4 is 29.2 Å². The lowest BCUT2D eigenvalue weighted by Crippen LogP contribution is -2.59. The Balaban J connectivity index is 1.24. The average Bonchev–Trinajstić information content (AvgIpc) is 3.32. The fourth-order valence-electron chi connectivity index (χ4n) is 5.24. The number of fused-ring (bicyclic) bond motifs is 2. The Morgan fingerprint density at radius 2 is 1.60 bits per heavy atom. The van der Waals surface area contributed by atoms with Gasteiger partial charge in [0, 0.05) is 27.2 Å². The lowest BCUT2D eigenvalue weighted by Gasteiger charge is -2.41. The molecule has 4 nitrogen and oxygen atoms in total. The van der Waals surface area contributed by atoms with Crippen LogP contribution in [0.2, 0.25) is 10.0 Å². The van der Waals surface area contributed by atoms with Gasteiger partial charge in [0.05, 0.1) is 19.2 Å². The molecule has 3 atom stereocenters. The standard InChI is InChI=1S/C24H26Cl2N2O2/c25-20-7-3-1-5-18(20)23(19-6-2-4-8-21(19)26)30-17-13-28(14-17)24(29)27-22-12-15-9-10-16(22)11-15/h1-8,15-17,22-23H,9-14H2,(H,27,29)/t15-,16+,22+/m1/s1. The lowest BCUT2D eigenvalue weighted by atomic mass is 9.95. The topological polar surface area (TPSA) is 41.6 Å². The number of halogens is 2. The van der Waals surface area contributed by atoms with Crippen LogP contribution in [-0.4, -0.2) is 36.2 Å². The number of amides is 2. The number of hydrogen-bond acceptors (Lipinski definition) is 2. The molecule has 30 heavy (non-hydrogen) atoms. The molecule has 0 aromatic heterocycles. The second-order valence-corrected chi connectivity index (χ2v) is 9.63. The van der Waals surface area contributed by atoms with Crippen LogP contribution in [0.5, 0.6) is 0 Å². The minimum atomic E-state index is -0.367. The van der Waals surface area contributed by atoms with Gasteiger partial charge in [0.1, 0.15) is 6.10 Å². The Hall–Kier alpha value is -1.75. The smallest absolute Gasteiger partial charge is 0.317 e. The molecule has 1 saturated heterocycles. The van der Waals surface area contributed by atoms with Gasteiger partial charge < -0.3 is 15.0 Å². The van der Waals surface area contributed by atoms with E-state index >= 15 is 0 Å². The normalized spacial score (nSPS) is 25.6. The minimum Gasteiger partial charge on any atom is -0.362 e. The number of rotatable bonds is 5. The molecule has 1 aliphatic heterocycles. The van der Waals surface area contributed by atoms with E-state index in [2.05, 4.69) is 5.32 Å². The maximum Gasteiger partial charge on any atom is 0.317 e. The van der Waals surface area contributed by atoms with Crippen LogP contribution in [0.4, 0.5) is 4.79 Å². The second-order valence-electron chi connectivity index (χ2n) is 8.82. The van der Waals surface area contributed by atoms with Crippen molar-refractivity contribution in [2.45, 2.75) is 43.9 Å². The summed E-state index contributed by atoms with van der Waals surface area (Å²) in [5.41, 5.74) is 1.77. The number of urea groups is 1. The molecule has 2 amide bonds. The molecule has 0 radical (unpaired) electrons. The van der Waals surface area contributed by atoms with Crippen molar-refractivity contribution in [1.29, 1.82) is 0 Å². The first-order valence-electron chi connectivity index (χ1n) is 10.8. The van der Waals surface area contributed by atoms with Gasteiger partial charge in [0.15, 0.2) is 0 Å². The number of benzene rings is 2. The van der Waals surface area contributed by atoms with E-state index in [9.17, 15) is 4.79 Å². The summed E-state index contributed by atoms with van der Waals surface area (Å²) in [7, 11) is 0. The van der Waals surface area contributed by atoms with Crippen molar-refractivity contribution < 1.29 is 9.53 Å². The monoisotopic (exact) mass is 444 g/mol. The van der Waals surface area contributed by atoms with Crippen molar-refractivity contribution in [3.63, 3.8) is 0 Å². The van der Waals surface area contributed by atoms with Crippen molar-refractivity contribution in [2.75, 3.05) is 13.1 Å². The van der Waals surface area contributed by atoms with Gasteiger partial charge in [-0.1, -0.05) is 66.0 Å². The zero-order valence-corrected chi connectivity index (χ0v) is 18.3. The number of hydrogen-bond donors (Lipinski definition) is 1. The third kappa shape index (κ3) is 3.93. The van der Waals surface area contributed by atoms with Crippen LogP contribution in [0.25, 0.3) is 0 Å². The first-order chi connectivity index (χ1) is 14.6. The molecule has 6 heteroatoms. The highest BCUT2D eigenvalue weighted by Crippen LogP contribution is 2.44. The molecule has 158 valence electrons. The predicted molar refractivity (Wildman–Crippen MR) is 119 cm³/mol. The highest BCUT2D eigenvalue weighted by atomic mass is 35.5. The first-order valence-corrected chi connectivity index (χ1v) is 11.5. The summed E-state index contributed by atoms with van der Waals surface area (Å²) >= 11 is 12.9. The summed E-state index contributed by atoms with van der Waals surface area (Å²) in [5, 5.41) is 4.55. The maximum atomic E-state index is 12.7. The van der Waals surface area contributed by atoms with Crippen molar-refractivity contribution in [1.82, 2.24) is 10.2 Å². The summed E-state index contributed by atoms with van der Waals surface area (Å²) in [6.07, 6.45) is 4.61. The zero-order chi connectivity index (χ0) is 20.7. The summed E-state index contributed by atoms with van der Waals surface area (Å²) < 4.78 is 6.43. The summed E-state index contributed by atoms with van der Waals surface area (Å²) in [5.74, 6) is 1.50. The Morgan fingerprint density at radius 3 is 2.13 bits per heavy atom. The minimum absolute atomic E-state index is 0.0411. The first kappa shape index (κ1) is 20.2. The number of nitrogens with zero attached hydrogens (tertiary/aromatic N) is 1. The highest BCUT2D eigenvalue weighted by molar-refractivity contribution is 6.32. The maximum absolute atomic E-state index is 12.7. The van der Waals surface area contributed by atoms with Crippen LogP contribution in [0.1, 0.15) is 42.9 Å². The molecular formula is C24H26Cl2N2O2. The van der Waals surface area contributed by atoms with Gasteiger partial charge in [0.2, 0.25) is 0 Å². The van der Waals surface area contributed by atoms with E-state index in [4.69, 9.17) is 27.9 Å². The Labute approximate surface area is 187 Å². The number of carbonyl (C=O) groups excluding carboxylic acids is 1. The number of carbonyl (C=O) groups is 1. The van der Waals surface area contributed by atoms with Gasteiger partial charge in [-0.15, -0.1) is 0 Å². The number of likely N-dealkylation sites (tertiary alicyclic amines) is 1. The molecule has 2 bridgehead atoms. The molecular weight excluding hydrogens is 419 g/mol. The molecule has 2 aromatic rings. The van der Waals surface area contributed by atoms with Crippen molar-refractivity contribution in [3.05, 3.63) is 69.7 Å². The SMILES string of the molecule is O=C(N[C@H]1C[C@@H]2CC[C@H]1C2)N1CC(OC(c2ccccc2Cl)c2ccccc2Cl)C1. The summed E-state index contributed by atoms with van der Waals surface area (Å²) in [4.78, 5) is 14.5. The van der Waals surface area contributed by atoms with E-state index in [0.29, 0.717) is 35.1 Å². The predicted octanol–water partition coefficient (Wildman–Crippen LogP) is 5.68. The van der Waals surface area contributed by atoms with Gasteiger partial charge in [-0.2, -0.15) is 0 Å². The van der Waals surface area contributed by atoms with Crippen LogP contribution in [0, 0.1) is 11.8 Å². The van der Waals surface area contributed by atoms with Gasteiger partial charge in [-0.3, -0.25) is 0 Å². The van der Waals surface area contributed by atoms with Gasteiger partial charge in [-0.05, 0) is 43.2 Å².